The van der Waals surface area contributed by atoms with Gasteiger partial charge in [-0.15, -0.1) is 0 Å². The van der Waals surface area contributed by atoms with Gasteiger partial charge in [-0.1, -0.05) is 72.0 Å². The first-order valence-corrected chi connectivity index (χ1v) is 14.8. The number of sulfonamides is 1. The number of nitrogens with zero attached hydrogens (tertiary/aromatic N) is 3. The number of rotatable bonds is 8. The summed E-state index contributed by atoms with van der Waals surface area (Å²) < 4.78 is 28.7. The van der Waals surface area contributed by atoms with Crippen LogP contribution in [0.15, 0.2) is 102 Å². The number of carbonyl (C=O) groups is 1. The van der Waals surface area contributed by atoms with Gasteiger partial charge in [-0.05, 0) is 72.5 Å². The van der Waals surface area contributed by atoms with Crippen LogP contribution in [0.5, 0.6) is 0 Å². The molecule has 0 fully saturated rings. The number of fused-ring (bicyclic) bond motifs is 1. The van der Waals surface area contributed by atoms with Crippen LogP contribution >= 0.6 is 11.3 Å². The fraction of sp³-hybridized carbons (Fsp3) is 0.161. The topological polar surface area (TPSA) is 70.6 Å². The number of anilines is 1. The van der Waals surface area contributed by atoms with Crippen LogP contribution in [-0.2, 0) is 23.1 Å². The molecule has 0 unspecified atom stereocenters. The Morgan fingerprint density at radius 3 is 1.97 bits per heavy atom. The molecule has 0 saturated carbocycles. The molecule has 0 aliphatic heterocycles. The van der Waals surface area contributed by atoms with Gasteiger partial charge in [-0.3, -0.25) is 9.69 Å². The Morgan fingerprint density at radius 1 is 0.795 bits per heavy atom. The first-order chi connectivity index (χ1) is 18.7. The molecule has 0 saturated heterocycles. The summed E-state index contributed by atoms with van der Waals surface area (Å²) >= 11 is 1.47. The minimum absolute atomic E-state index is 0.137. The van der Waals surface area contributed by atoms with Crippen LogP contribution in [0.25, 0.3) is 10.2 Å². The molecule has 0 aliphatic rings. The average Bonchev–Trinajstić information content (AvgIpc) is 3.35. The van der Waals surface area contributed by atoms with E-state index >= 15 is 0 Å². The lowest BCUT2D eigenvalue weighted by Crippen LogP contribution is -2.30. The van der Waals surface area contributed by atoms with E-state index in [0.29, 0.717) is 17.2 Å². The van der Waals surface area contributed by atoms with Crippen molar-refractivity contribution in [2.24, 2.45) is 0 Å². The average molecular weight is 556 g/mol. The van der Waals surface area contributed by atoms with Crippen LogP contribution in [-0.4, -0.2) is 30.7 Å². The van der Waals surface area contributed by atoms with E-state index in [4.69, 9.17) is 4.98 Å². The van der Waals surface area contributed by atoms with E-state index in [-0.39, 0.29) is 17.3 Å². The quantitative estimate of drug-likeness (QED) is 0.217. The summed E-state index contributed by atoms with van der Waals surface area (Å²) in [7, 11) is -2.17. The highest BCUT2D eigenvalue weighted by atomic mass is 32.2. The van der Waals surface area contributed by atoms with Gasteiger partial charge in [0.15, 0.2) is 5.13 Å². The van der Waals surface area contributed by atoms with Crippen molar-refractivity contribution in [2.45, 2.75) is 31.8 Å². The first kappa shape index (κ1) is 26.7. The molecule has 5 rings (SSSR count). The number of hydrogen-bond donors (Lipinski definition) is 0. The monoisotopic (exact) mass is 555 g/mol. The number of thiazole rings is 1. The van der Waals surface area contributed by atoms with Gasteiger partial charge in [0.2, 0.25) is 10.0 Å². The van der Waals surface area contributed by atoms with E-state index < -0.39 is 10.0 Å². The number of carbonyl (C=O) groups excluding carboxylic acids is 1. The van der Waals surface area contributed by atoms with Crippen molar-refractivity contribution in [1.82, 2.24) is 9.29 Å². The third-order valence-electron chi connectivity index (χ3n) is 6.71. The molecule has 0 radical (unpaired) electrons. The predicted octanol–water partition coefficient (Wildman–Crippen LogP) is 6.58. The molecule has 0 bridgehead atoms. The van der Waals surface area contributed by atoms with Gasteiger partial charge < -0.3 is 0 Å². The second-order valence-corrected chi connectivity index (χ2v) is 12.6. The minimum Gasteiger partial charge on any atom is -0.279 e. The lowest BCUT2D eigenvalue weighted by Gasteiger charge is -2.21. The molecule has 0 spiro atoms. The van der Waals surface area contributed by atoms with Crippen LogP contribution in [0.4, 0.5) is 5.13 Å². The van der Waals surface area contributed by atoms with Crippen LogP contribution < -0.4 is 4.90 Å². The van der Waals surface area contributed by atoms with Gasteiger partial charge in [0, 0.05) is 19.2 Å². The summed E-state index contributed by atoms with van der Waals surface area (Å²) in [5.74, 6) is -0.243. The van der Waals surface area contributed by atoms with Gasteiger partial charge in [0.05, 0.1) is 21.7 Å². The van der Waals surface area contributed by atoms with Gasteiger partial charge >= 0.3 is 0 Å². The van der Waals surface area contributed by atoms with Gasteiger partial charge in [0.25, 0.3) is 5.91 Å². The zero-order valence-electron chi connectivity index (χ0n) is 22.0. The SMILES string of the molecule is Cc1cc2nc(N(Cc3ccccc3)C(=O)c3ccc(S(=O)(=O)N(C)Cc4ccccc4)cc3)sc2cc1C. The van der Waals surface area contributed by atoms with Gasteiger partial charge in [-0.2, -0.15) is 4.31 Å². The van der Waals surface area contributed by atoms with E-state index in [9.17, 15) is 13.2 Å². The second kappa shape index (κ2) is 11.1. The van der Waals surface area contributed by atoms with Crippen LogP contribution in [0.1, 0.15) is 32.6 Å². The maximum atomic E-state index is 13.8. The largest absolute Gasteiger partial charge is 0.279 e. The maximum absolute atomic E-state index is 13.8. The minimum atomic E-state index is -3.73. The summed E-state index contributed by atoms with van der Waals surface area (Å²) in [6.07, 6.45) is 0. The summed E-state index contributed by atoms with van der Waals surface area (Å²) in [4.78, 5) is 20.4. The Balaban J connectivity index is 1.44. The molecule has 4 aromatic carbocycles. The Morgan fingerprint density at radius 2 is 1.36 bits per heavy atom. The number of hydrogen-bond acceptors (Lipinski definition) is 5. The molecular formula is C31H29N3O3S2. The molecule has 1 aromatic heterocycles. The summed E-state index contributed by atoms with van der Waals surface area (Å²) in [5.41, 5.74) is 5.43. The van der Waals surface area contributed by atoms with Crippen molar-refractivity contribution >= 4 is 42.6 Å². The Hall–Kier alpha value is -3.85. The summed E-state index contributed by atoms with van der Waals surface area (Å²) in [6.45, 7) is 4.71. The smallest absolute Gasteiger partial charge is 0.260 e. The lowest BCUT2D eigenvalue weighted by atomic mass is 10.1. The normalized spacial score (nSPS) is 11.7. The number of benzene rings is 4. The molecule has 1 heterocycles. The molecule has 5 aromatic rings. The van der Waals surface area contributed by atoms with Crippen LogP contribution in [0.3, 0.4) is 0 Å². The van der Waals surface area contributed by atoms with E-state index in [2.05, 4.69) is 13.0 Å². The molecule has 8 heteroatoms. The van der Waals surface area contributed by atoms with Crippen LogP contribution in [0, 0.1) is 13.8 Å². The highest BCUT2D eigenvalue weighted by Crippen LogP contribution is 2.32. The van der Waals surface area contributed by atoms with E-state index in [1.807, 2.05) is 73.7 Å². The number of aryl methyl sites for hydroxylation is 2. The van der Waals surface area contributed by atoms with Crippen molar-refractivity contribution in [3.8, 4) is 0 Å². The second-order valence-electron chi connectivity index (χ2n) is 9.55. The molecule has 0 N–H and O–H groups in total. The Bertz CT molecular complexity index is 1680. The molecule has 39 heavy (non-hydrogen) atoms. The third kappa shape index (κ3) is 5.78. The van der Waals surface area contributed by atoms with Crippen LogP contribution in [0.2, 0.25) is 0 Å². The van der Waals surface area contributed by atoms with Gasteiger partial charge in [-0.25, -0.2) is 13.4 Å². The molecule has 0 aliphatic carbocycles. The van der Waals surface area contributed by atoms with E-state index in [1.54, 1.807) is 24.1 Å². The molecule has 6 nitrogen and oxygen atoms in total. The maximum Gasteiger partial charge on any atom is 0.260 e. The van der Waals surface area contributed by atoms with Crippen molar-refractivity contribution in [3.63, 3.8) is 0 Å². The standard InChI is InChI=1S/C31H29N3O3S2/c1-22-18-28-29(19-23(22)2)38-31(32-28)34(21-25-12-8-5-9-13-25)30(35)26-14-16-27(17-15-26)39(36,37)33(3)20-24-10-6-4-7-11-24/h4-19H,20-21H2,1-3H3. The molecule has 0 atom stereocenters. The Kier molecular flexibility index (Phi) is 7.61. The highest BCUT2D eigenvalue weighted by molar-refractivity contribution is 7.89. The zero-order valence-corrected chi connectivity index (χ0v) is 23.7. The van der Waals surface area contributed by atoms with Gasteiger partial charge in [0.1, 0.15) is 0 Å². The third-order valence-corrected chi connectivity index (χ3v) is 9.57. The van der Waals surface area contributed by atoms with Crippen molar-refractivity contribution in [3.05, 3.63) is 125 Å². The van der Waals surface area contributed by atoms with E-state index in [1.165, 1.54) is 33.3 Å². The predicted molar refractivity (Wildman–Crippen MR) is 158 cm³/mol. The molecule has 198 valence electrons. The zero-order chi connectivity index (χ0) is 27.6. The van der Waals surface area contributed by atoms with Crippen molar-refractivity contribution in [2.75, 3.05) is 11.9 Å². The first-order valence-electron chi connectivity index (χ1n) is 12.6. The Labute approximate surface area is 233 Å². The fourth-order valence-corrected chi connectivity index (χ4v) is 6.51. The number of amides is 1. The number of aromatic nitrogens is 1. The lowest BCUT2D eigenvalue weighted by molar-refractivity contribution is 0.0985. The van der Waals surface area contributed by atoms with Crippen molar-refractivity contribution in [1.29, 1.82) is 0 Å². The summed E-state index contributed by atoms with van der Waals surface area (Å²) in [6, 6.07) is 29.5. The van der Waals surface area contributed by atoms with E-state index in [0.717, 1.165) is 26.9 Å². The fourth-order valence-electron chi connectivity index (χ4n) is 4.31. The van der Waals surface area contributed by atoms with Crippen molar-refractivity contribution < 1.29 is 13.2 Å². The molecular weight excluding hydrogens is 526 g/mol. The molecule has 1 amide bonds. The summed E-state index contributed by atoms with van der Waals surface area (Å²) in [5, 5.41) is 0.600. The highest BCUT2D eigenvalue weighted by Gasteiger charge is 2.25.